The molecule has 0 aromatic heterocycles. The van der Waals surface area contributed by atoms with Crippen molar-refractivity contribution in [3.05, 3.63) is 24.3 Å². The molecule has 152 valence electrons. The maximum Gasteiger partial charge on any atom is 0.243 e. The molecule has 1 aromatic rings. The van der Waals surface area contributed by atoms with Gasteiger partial charge in [-0.05, 0) is 37.1 Å². The van der Waals surface area contributed by atoms with E-state index in [9.17, 15) is 21.6 Å². The summed E-state index contributed by atoms with van der Waals surface area (Å²) in [6, 6.07) is 5.51. The predicted molar refractivity (Wildman–Crippen MR) is 105 cm³/mol. The normalized spacial score (nSPS) is 16.2. The average Bonchev–Trinajstić information content (AvgIpc) is 2.88. The summed E-state index contributed by atoms with van der Waals surface area (Å²) >= 11 is 0. The zero-order valence-corrected chi connectivity index (χ0v) is 17.6. The zero-order chi connectivity index (χ0) is 20.2. The molecule has 1 aliphatic heterocycles. The molecule has 0 saturated carbocycles. The first-order valence-electron chi connectivity index (χ1n) is 8.81. The van der Waals surface area contributed by atoms with Crippen LogP contribution in [0.25, 0.3) is 0 Å². The van der Waals surface area contributed by atoms with Crippen LogP contribution >= 0.6 is 0 Å². The summed E-state index contributed by atoms with van der Waals surface area (Å²) in [6.07, 6.45) is 5.01. The molecule has 1 aromatic carbocycles. The van der Waals surface area contributed by atoms with Crippen molar-refractivity contribution < 1.29 is 21.6 Å². The number of likely N-dealkylation sites (tertiary alicyclic amines) is 1. The molecule has 1 aliphatic rings. The Morgan fingerprint density at radius 1 is 0.963 bits per heavy atom. The highest BCUT2D eigenvalue weighted by Crippen LogP contribution is 2.22. The minimum atomic E-state index is -3.70. The van der Waals surface area contributed by atoms with Gasteiger partial charge in [0.15, 0.2) is 0 Å². The minimum absolute atomic E-state index is 0.0588. The van der Waals surface area contributed by atoms with Crippen LogP contribution in [-0.2, 0) is 24.8 Å². The molecule has 8 nitrogen and oxygen atoms in total. The van der Waals surface area contributed by atoms with Crippen LogP contribution in [0, 0.1) is 0 Å². The van der Waals surface area contributed by atoms with Gasteiger partial charge >= 0.3 is 0 Å². The van der Waals surface area contributed by atoms with E-state index >= 15 is 0 Å². The van der Waals surface area contributed by atoms with Crippen molar-refractivity contribution >= 4 is 31.6 Å². The Balaban J connectivity index is 2.25. The summed E-state index contributed by atoms with van der Waals surface area (Å²) in [6.45, 7) is 0.978. The number of sulfonamides is 2. The van der Waals surface area contributed by atoms with Gasteiger partial charge in [-0.1, -0.05) is 12.8 Å². The quantitative estimate of drug-likeness (QED) is 0.691. The summed E-state index contributed by atoms with van der Waals surface area (Å²) in [5.41, 5.74) is 0.262. The van der Waals surface area contributed by atoms with E-state index in [2.05, 4.69) is 0 Å². The Bertz CT molecular complexity index is 856. The number of carbonyl (C=O) groups excluding carboxylic acids is 1. The fourth-order valence-corrected chi connectivity index (χ4v) is 4.69. The summed E-state index contributed by atoms with van der Waals surface area (Å²) in [7, 11) is -4.46. The molecule has 0 N–H and O–H groups in total. The van der Waals surface area contributed by atoms with Crippen molar-refractivity contribution in [1.82, 2.24) is 9.21 Å². The monoisotopic (exact) mass is 417 g/mol. The highest BCUT2D eigenvalue weighted by molar-refractivity contribution is 7.92. The summed E-state index contributed by atoms with van der Waals surface area (Å²) in [4.78, 5) is 14.4. The summed E-state index contributed by atoms with van der Waals surface area (Å²) in [5, 5.41) is 0. The molecule has 10 heteroatoms. The molecule has 27 heavy (non-hydrogen) atoms. The molecule has 0 spiro atoms. The zero-order valence-electron chi connectivity index (χ0n) is 16.0. The Labute approximate surface area is 161 Å². The Morgan fingerprint density at radius 2 is 1.48 bits per heavy atom. The van der Waals surface area contributed by atoms with Crippen LogP contribution in [-0.4, -0.2) is 71.9 Å². The first-order chi connectivity index (χ1) is 12.5. The van der Waals surface area contributed by atoms with E-state index in [1.165, 1.54) is 38.4 Å². The van der Waals surface area contributed by atoms with Crippen LogP contribution in [0.4, 0.5) is 5.69 Å². The van der Waals surface area contributed by atoms with Crippen molar-refractivity contribution in [2.75, 3.05) is 44.3 Å². The van der Waals surface area contributed by atoms with Gasteiger partial charge in [-0.3, -0.25) is 9.10 Å². The number of hydrogen-bond acceptors (Lipinski definition) is 5. The molecule has 0 atom stereocenters. The van der Waals surface area contributed by atoms with E-state index in [-0.39, 0.29) is 23.0 Å². The van der Waals surface area contributed by atoms with Gasteiger partial charge in [0.25, 0.3) is 0 Å². The molecule has 2 rings (SSSR count). The maximum absolute atomic E-state index is 12.6. The van der Waals surface area contributed by atoms with E-state index in [0.29, 0.717) is 13.1 Å². The maximum atomic E-state index is 12.6. The topological polar surface area (TPSA) is 95.1 Å². The van der Waals surface area contributed by atoms with Crippen molar-refractivity contribution in [2.45, 2.75) is 30.6 Å². The third kappa shape index (κ3) is 5.43. The van der Waals surface area contributed by atoms with Crippen LogP contribution in [0.2, 0.25) is 0 Å². The van der Waals surface area contributed by atoms with Crippen LogP contribution in [0.3, 0.4) is 0 Å². The van der Waals surface area contributed by atoms with Crippen molar-refractivity contribution in [2.24, 2.45) is 0 Å². The van der Waals surface area contributed by atoms with Crippen LogP contribution in [0.15, 0.2) is 29.2 Å². The van der Waals surface area contributed by atoms with E-state index in [4.69, 9.17) is 0 Å². The highest BCUT2D eigenvalue weighted by Gasteiger charge is 2.25. The SMILES string of the molecule is CN(C)S(=O)(=O)c1ccc(N(CC(=O)N2CCCCCC2)S(C)(=O)=O)cc1. The third-order valence-corrected chi connectivity index (χ3v) is 7.51. The molecule has 0 aliphatic carbocycles. The number of rotatable bonds is 6. The van der Waals surface area contributed by atoms with Gasteiger partial charge in [-0.2, -0.15) is 0 Å². The summed E-state index contributed by atoms with van der Waals surface area (Å²) in [5.74, 6) is -0.243. The minimum Gasteiger partial charge on any atom is -0.341 e. The molecule has 1 heterocycles. The fraction of sp³-hybridized carbons (Fsp3) is 0.588. The van der Waals surface area contributed by atoms with E-state index in [1.54, 1.807) is 4.90 Å². The lowest BCUT2D eigenvalue weighted by Crippen LogP contribution is -2.43. The molecule has 0 bridgehead atoms. The van der Waals surface area contributed by atoms with Crippen LogP contribution < -0.4 is 4.31 Å². The number of benzene rings is 1. The average molecular weight is 418 g/mol. The van der Waals surface area contributed by atoms with Crippen molar-refractivity contribution in [3.63, 3.8) is 0 Å². The lowest BCUT2D eigenvalue weighted by Gasteiger charge is -2.26. The lowest BCUT2D eigenvalue weighted by molar-refractivity contribution is -0.129. The number of amides is 1. The standard InChI is InChI=1S/C17H27N3O5S2/c1-18(2)27(24,25)16-10-8-15(9-11-16)20(26(3,22)23)14-17(21)19-12-6-4-5-7-13-19/h8-11H,4-7,12-14H2,1-3H3. The summed E-state index contributed by atoms with van der Waals surface area (Å²) < 4.78 is 50.9. The van der Waals surface area contributed by atoms with Crippen LogP contribution in [0.1, 0.15) is 25.7 Å². The van der Waals surface area contributed by atoms with E-state index in [0.717, 1.165) is 40.5 Å². The third-order valence-electron chi connectivity index (χ3n) is 4.54. The van der Waals surface area contributed by atoms with Gasteiger partial charge < -0.3 is 4.90 Å². The molecule has 1 saturated heterocycles. The van der Waals surface area contributed by atoms with Gasteiger partial charge in [0.2, 0.25) is 26.0 Å². The molecular weight excluding hydrogens is 390 g/mol. The predicted octanol–water partition coefficient (Wildman–Crippen LogP) is 1.11. The van der Waals surface area contributed by atoms with Gasteiger partial charge in [-0.25, -0.2) is 21.1 Å². The highest BCUT2D eigenvalue weighted by atomic mass is 32.2. The van der Waals surface area contributed by atoms with Crippen molar-refractivity contribution in [1.29, 1.82) is 0 Å². The molecule has 0 unspecified atom stereocenters. The molecule has 1 amide bonds. The molecule has 0 radical (unpaired) electrons. The number of nitrogens with zero attached hydrogens (tertiary/aromatic N) is 3. The first kappa shape index (κ1) is 21.6. The first-order valence-corrected chi connectivity index (χ1v) is 12.1. The van der Waals surface area contributed by atoms with Gasteiger partial charge in [0.1, 0.15) is 6.54 Å². The Kier molecular flexibility index (Phi) is 6.87. The molecular formula is C17H27N3O5S2. The Hall–Kier alpha value is -1.65. The number of anilines is 1. The van der Waals surface area contributed by atoms with Crippen molar-refractivity contribution in [3.8, 4) is 0 Å². The lowest BCUT2D eigenvalue weighted by atomic mass is 10.2. The van der Waals surface area contributed by atoms with Crippen LogP contribution in [0.5, 0.6) is 0 Å². The number of carbonyl (C=O) groups is 1. The molecule has 1 fully saturated rings. The van der Waals surface area contributed by atoms with E-state index < -0.39 is 20.0 Å². The smallest absolute Gasteiger partial charge is 0.243 e. The fourth-order valence-electron chi connectivity index (χ4n) is 2.94. The van der Waals surface area contributed by atoms with E-state index in [1.807, 2.05) is 0 Å². The van der Waals surface area contributed by atoms with Gasteiger partial charge in [-0.15, -0.1) is 0 Å². The number of hydrogen-bond donors (Lipinski definition) is 0. The second-order valence-electron chi connectivity index (χ2n) is 6.85. The Morgan fingerprint density at radius 3 is 1.93 bits per heavy atom. The second-order valence-corrected chi connectivity index (χ2v) is 10.9. The second kappa shape index (κ2) is 8.57. The van der Waals surface area contributed by atoms with Gasteiger partial charge in [0, 0.05) is 27.2 Å². The largest absolute Gasteiger partial charge is 0.341 e. The van der Waals surface area contributed by atoms with Gasteiger partial charge in [0.05, 0.1) is 16.8 Å².